The van der Waals surface area contributed by atoms with Crippen LogP contribution in [0, 0.1) is 0 Å². The number of benzene rings is 1. The molecule has 0 spiro atoms. The zero-order chi connectivity index (χ0) is 10.0. The molecule has 1 rings (SSSR count). The number of nitrogens with two attached hydrogens (primary N) is 1. The van der Waals surface area contributed by atoms with Gasteiger partial charge in [0.05, 0.1) is 16.1 Å². The predicted molar refractivity (Wildman–Crippen MR) is 55.5 cm³/mol. The van der Waals surface area contributed by atoms with Crippen LogP contribution in [-0.2, 0) is 0 Å². The van der Waals surface area contributed by atoms with E-state index in [9.17, 15) is 5.11 Å². The molecular weight excluding hydrogens is 232 g/mol. The molecule has 0 saturated carbocycles. The van der Waals surface area contributed by atoms with Crippen LogP contribution in [0.3, 0.4) is 0 Å². The normalized spacial score (nSPS) is 13.0. The van der Waals surface area contributed by atoms with Gasteiger partial charge in [-0.25, -0.2) is 0 Å². The van der Waals surface area contributed by atoms with E-state index < -0.39 is 6.10 Å². The molecule has 2 nitrogen and oxygen atoms in total. The highest BCUT2D eigenvalue weighted by Crippen LogP contribution is 2.35. The molecular formula is C8H8Cl3NO. The molecule has 3 N–H and O–H groups in total. The fourth-order valence-corrected chi connectivity index (χ4v) is 1.75. The lowest BCUT2D eigenvalue weighted by Crippen LogP contribution is -2.12. The Morgan fingerprint density at radius 1 is 1.23 bits per heavy atom. The van der Waals surface area contributed by atoms with Crippen LogP contribution in [0.25, 0.3) is 0 Å². The van der Waals surface area contributed by atoms with Crippen molar-refractivity contribution in [1.29, 1.82) is 0 Å². The minimum Gasteiger partial charge on any atom is -0.387 e. The van der Waals surface area contributed by atoms with Crippen LogP contribution in [0.15, 0.2) is 12.1 Å². The maximum atomic E-state index is 9.46. The third kappa shape index (κ3) is 2.27. The molecule has 0 aromatic heterocycles. The van der Waals surface area contributed by atoms with E-state index in [4.69, 9.17) is 40.5 Å². The van der Waals surface area contributed by atoms with E-state index in [1.54, 1.807) is 12.1 Å². The van der Waals surface area contributed by atoms with Gasteiger partial charge in [-0.05, 0) is 12.1 Å². The molecule has 72 valence electrons. The van der Waals surface area contributed by atoms with E-state index in [1.165, 1.54) is 0 Å². The van der Waals surface area contributed by atoms with Gasteiger partial charge in [0.25, 0.3) is 0 Å². The summed E-state index contributed by atoms with van der Waals surface area (Å²) in [5.74, 6) is 0. The first-order valence-electron chi connectivity index (χ1n) is 3.59. The number of hydrogen-bond donors (Lipinski definition) is 2. The molecule has 0 amide bonds. The summed E-state index contributed by atoms with van der Waals surface area (Å²) in [5, 5.41) is 10.4. The van der Waals surface area contributed by atoms with E-state index >= 15 is 0 Å². The minimum atomic E-state index is -0.876. The molecule has 0 radical (unpaired) electrons. The highest BCUT2D eigenvalue weighted by Gasteiger charge is 2.16. The molecule has 13 heavy (non-hydrogen) atoms. The Balaban J connectivity index is 3.25. The van der Waals surface area contributed by atoms with Gasteiger partial charge in [0.1, 0.15) is 0 Å². The number of halogens is 3. The number of rotatable bonds is 2. The van der Waals surface area contributed by atoms with Crippen LogP contribution in [0.2, 0.25) is 15.1 Å². The van der Waals surface area contributed by atoms with Gasteiger partial charge in [-0.2, -0.15) is 0 Å². The average molecular weight is 241 g/mol. The quantitative estimate of drug-likeness (QED) is 0.781. The van der Waals surface area contributed by atoms with Crippen molar-refractivity contribution in [1.82, 2.24) is 0 Å². The second-order valence-corrected chi connectivity index (χ2v) is 3.70. The van der Waals surface area contributed by atoms with Crippen LogP contribution in [-0.4, -0.2) is 11.7 Å². The average Bonchev–Trinajstić information content (AvgIpc) is 2.12. The predicted octanol–water partition coefficient (Wildman–Crippen LogP) is 2.64. The first-order chi connectivity index (χ1) is 6.07. The highest BCUT2D eigenvalue weighted by atomic mass is 35.5. The summed E-state index contributed by atoms with van der Waals surface area (Å²) in [6, 6.07) is 3.14. The van der Waals surface area contributed by atoms with Crippen molar-refractivity contribution in [2.45, 2.75) is 6.10 Å². The fourth-order valence-electron chi connectivity index (χ4n) is 0.966. The standard InChI is InChI=1S/C8H8Cl3NO/c9-4-1-2-5(10)8(11)7(4)6(13)3-12/h1-2,6,13H,3,12H2/t6-/m0/s1. The third-order valence-corrected chi connectivity index (χ3v) is 2.78. The van der Waals surface area contributed by atoms with Gasteiger partial charge in [-0.3, -0.25) is 0 Å². The molecule has 0 fully saturated rings. The lowest BCUT2D eigenvalue weighted by molar-refractivity contribution is 0.187. The summed E-state index contributed by atoms with van der Waals surface area (Å²) < 4.78 is 0. The largest absolute Gasteiger partial charge is 0.387 e. The van der Waals surface area contributed by atoms with Crippen molar-refractivity contribution < 1.29 is 5.11 Å². The van der Waals surface area contributed by atoms with Gasteiger partial charge >= 0.3 is 0 Å². The number of aliphatic hydroxyl groups is 1. The zero-order valence-electron chi connectivity index (χ0n) is 6.60. The van der Waals surface area contributed by atoms with Gasteiger partial charge in [0, 0.05) is 17.1 Å². The molecule has 0 saturated heterocycles. The summed E-state index contributed by atoms with van der Waals surface area (Å²) in [6.45, 7) is 0.0553. The lowest BCUT2D eigenvalue weighted by atomic mass is 10.1. The number of aliphatic hydroxyl groups excluding tert-OH is 1. The molecule has 1 atom stereocenters. The van der Waals surface area contributed by atoms with Gasteiger partial charge in [-0.15, -0.1) is 0 Å². The van der Waals surface area contributed by atoms with E-state index in [2.05, 4.69) is 0 Å². The molecule has 0 bridgehead atoms. The van der Waals surface area contributed by atoms with Gasteiger partial charge < -0.3 is 10.8 Å². The van der Waals surface area contributed by atoms with Gasteiger partial charge in [0.15, 0.2) is 0 Å². The molecule has 0 aliphatic heterocycles. The Kier molecular flexibility index (Phi) is 3.83. The van der Waals surface area contributed by atoms with Crippen molar-refractivity contribution in [3.8, 4) is 0 Å². The van der Waals surface area contributed by atoms with Crippen LogP contribution in [0.4, 0.5) is 0 Å². The highest BCUT2D eigenvalue weighted by molar-refractivity contribution is 6.44. The Morgan fingerprint density at radius 2 is 1.77 bits per heavy atom. The molecule has 0 aliphatic rings. The topological polar surface area (TPSA) is 46.2 Å². The molecule has 0 aliphatic carbocycles. The summed E-state index contributed by atoms with van der Waals surface area (Å²) in [6.07, 6.45) is -0.876. The Hall–Kier alpha value is 0.01000. The second-order valence-electron chi connectivity index (χ2n) is 2.51. The molecule has 0 heterocycles. The summed E-state index contributed by atoms with van der Waals surface area (Å²) >= 11 is 17.4. The molecule has 0 unspecified atom stereocenters. The SMILES string of the molecule is NC[C@H](O)c1c(Cl)ccc(Cl)c1Cl. The monoisotopic (exact) mass is 239 g/mol. The van der Waals surface area contributed by atoms with E-state index in [1.807, 2.05) is 0 Å². The summed E-state index contributed by atoms with van der Waals surface area (Å²) in [7, 11) is 0. The molecule has 5 heteroatoms. The Morgan fingerprint density at radius 3 is 2.31 bits per heavy atom. The van der Waals surface area contributed by atoms with E-state index in [0.29, 0.717) is 15.6 Å². The van der Waals surface area contributed by atoms with Crippen molar-refractivity contribution in [2.75, 3.05) is 6.54 Å². The Bertz CT molecular complexity index is 317. The van der Waals surface area contributed by atoms with Gasteiger partial charge in [0.2, 0.25) is 0 Å². The van der Waals surface area contributed by atoms with Crippen molar-refractivity contribution in [3.63, 3.8) is 0 Å². The van der Waals surface area contributed by atoms with Crippen LogP contribution >= 0.6 is 34.8 Å². The van der Waals surface area contributed by atoms with E-state index in [0.717, 1.165) is 0 Å². The zero-order valence-corrected chi connectivity index (χ0v) is 8.87. The van der Waals surface area contributed by atoms with Crippen LogP contribution in [0.1, 0.15) is 11.7 Å². The molecule has 1 aromatic carbocycles. The Labute approximate surface area is 91.2 Å². The van der Waals surface area contributed by atoms with Crippen molar-refractivity contribution in [3.05, 3.63) is 32.8 Å². The third-order valence-electron chi connectivity index (χ3n) is 1.64. The maximum Gasteiger partial charge on any atom is 0.0941 e. The molecule has 1 aromatic rings. The van der Waals surface area contributed by atoms with Gasteiger partial charge in [-0.1, -0.05) is 34.8 Å². The van der Waals surface area contributed by atoms with Crippen LogP contribution in [0.5, 0.6) is 0 Å². The number of hydrogen-bond acceptors (Lipinski definition) is 2. The first kappa shape index (κ1) is 11.1. The lowest BCUT2D eigenvalue weighted by Gasteiger charge is -2.12. The van der Waals surface area contributed by atoms with Crippen molar-refractivity contribution in [2.24, 2.45) is 5.73 Å². The van der Waals surface area contributed by atoms with Crippen molar-refractivity contribution >= 4 is 34.8 Å². The smallest absolute Gasteiger partial charge is 0.0941 e. The second kappa shape index (κ2) is 4.49. The fraction of sp³-hybridized carbons (Fsp3) is 0.250. The minimum absolute atomic E-state index is 0.0553. The summed E-state index contributed by atoms with van der Waals surface area (Å²) in [5.41, 5.74) is 5.67. The van der Waals surface area contributed by atoms with Crippen LogP contribution < -0.4 is 5.73 Å². The maximum absolute atomic E-state index is 9.46. The first-order valence-corrected chi connectivity index (χ1v) is 4.72. The van der Waals surface area contributed by atoms with E-state index in [-0.39, 0.29) is 11.6 Å². The summed E-state index contributed by atoms with van der Waals surface area (Å²) in [4.78, 5) is 0.